The lowest BCUT2D eigenvalue weighted by Crippen LogP contribution is -1.93. The van der Waals surface area contributed by atoms with Crippen LogP contribution >= 0.6 is 0 Å². The summed E-state index contributed by atoms with van der Waals surface area (Å²) >= 11 is 0. The Morgan fingerprint density at radius 2 is 2.50 bits per heavy atom. The highest BCUT2D eigenvalue weighted by atomic mass is 28.1. The Morgan fingerprint density at radius 1 is 2.00 bits per heavy atom. The van der Waals surface area contributed by atoms with Crippen LogP contribution in [0.1, 0.15) is 0 Å². The van der Waals surface area contributed by atoms with Crippen LogP contribution in [0.3, 0.4) is 0 Å². The van der Waals surface area contributed by atoms with E-state index in [0.717, 1.165) is 10.2 Å². The number of hydrogen-bond acceptors (Lipinski definition) is 2. The average Bonchev–Trinajstić information content (AvgIpc) is 1.65. The van der Waals surface area contributed by atoms with Gasteiger partial charge in [0.05, 0.1) is 5.67 Å². The number of nitroso groups, excluding NO2 is 1. The van der Waals surface area contributed by atoms with E-state index in [9.17, 15) is 4.91 Å². The molecule has 0 N–H and O–H groups in total. The second-order valence-corrected chi connectivity index (χ2v) is 2.26. The number of hydrogen-bond donors (Lipinski definition) is 0. The molecule has 0 aliphatic carbocycles. The van der Waals surface area contributed by atoms with Gasteiger partial charge in [0.25, 0.3) is 0 Å². The van der Waals surface area contributed by atoms with Crippen molar-refractivity contribution in [3.63, 3.8) is 0 Å². The van der Waals surface area contributed by atoms with Gasteiger partial charge in [-0.2, -0.15) is 4.91 Å². The Morgan fingerprint density at radius 3 is 2.50 bits per heavy atom. The molecule has 0 aliphatic rings. The Bertz CT molecular complexity index is 55.8. The molecule has 0 rings (SSSR count). The van der Waals surface area contributed by atoms with E-state index in [0.29, 0.717) is 0 Å². The maximum Gasteiger partial charge on any atom is 0.0897 e. The highest BCUT2D eigenvalue weighted by molar-refractivity contribution is 6.13. The second-order valence-electron chi connectivity index (χ2n) is 1.08. The SMILES string of the molecule is C=CC([SiH3])N=O. The fraction of sp³-hybridized carbons (Fsp3) is 0.333. The van der Waals surface area contributed by atoms with Crippen LogP contribution in [-0.2, 0) is 0 Å². The van der Waals surface area contributed by atoms with Crippen LogP contribution in [0.15, 0.2) is 17.8 Å². The summed E-state index contributed by atoms with van der Waals surface area (Å²) in [5.41, 5.74) is -0.0926. The molecule has 0 radical (unpaired) electrons. The molecule has 0 aromatic carbocycles. The first kappa shape index (κ1) is 5.56. The third kappa shape index (κ3) is 1.84. The van der Waals surface area contributed by atoms with Crippen molar-refractivity contribution in [2.45, 2.75) is 5.67 Å². The lowest BCUT2D eigenvalue weighted by molar-refractivity contribution is 1.13. The molecule has 2 nitrogen and oxygen atoms in total. The standard InChI is InChI=1S/C3H7NOSi/c1-2-3(6)4-5/h2-3H,1H2,6H3. The van der Waals surface area contributed by atoms with Gasteiger partial charge in [-0.3, -0.25) is 0 Å². The van der Waals surface area contributed by atoms with Gasteiger partial charge in [0, 0.05) is 10.2 Å². The highest BCUT2D eigenvalue weighted by Gasteiger charge is 1.85. The van der Waals surface area contributed by atoms with E-state index >= 15 is 0 Å². The first-order valence-corrected chi connectivity index (χ1v) is 2.91. The summed E-state index contributed by atoms with van der Waals surface area (Å²) in [5, 5.41) is 2.70. The highest BCUT2D eigenvalue weighted by Crippen LogP contribution is 1.78. The second kappa shape index (κ2) is 2.78. The summed E-state index contributed by atoms with van der Waals surface area (Å²) in [4.78, 5) is 9.45. The van der Waals surface area contributed by atoms with Gasteiger partial charge in [-0.25, -0.2) is 0 Å². The molecule has 6 heavy (non-hydrogen) atoms. The van der Waals surface area contributed by atoms with Crippen molar-refractivity contribution in [2.75, 3.05) is 0 Å². The first-order valence-electron chi connectivity index (χ1n) is 1.76. The molecule has 34 valence electrons. The van der Waals surface area contributed by atoms with E-state index in [1.807, 2.05) is 0 Å². The minimum atomic E-state index is -0.0926. The minimum absolute atomic E-state index is 0.0926. The van der Waals surface area contributed by atoms with Crippen LogP contribution in [0.2, 0.25) is 0 Å². The van der Waals surface area contributed by atoms with Gasteiger partial charge in [0.15, 0.2) is 0 Å². The Balaban J connectivity index is 3.21. The van der Waals surface area contributed by atoms with Crippen LogP contribution in [0, 0.1) is 4.91 Å². The van der Waals surface area contributed by atoms with Crippen LogP contribution in [0.4, 0.5) is 0 Å². The zero-order valence-corrected chi connectivity index (χ0v) is 5.72. The van der Waals surface area contributed by atoms with Gasteiger partial charge in [0.1, 0.15) is 0 Å². The predicted octanol–water partition coefficient (Wildman–Crippen LogP) is -0.370. The number of nitrogens with zero attached hydrogens (tertiary/aromatic N) is 1. The van der Waals surface area contributed by atoms with Crippen molar-refractivity contribution in [2.24, 2.45) is 5.18 Å². The molecule has 0 saturated carbocycles. The van der Waals surface area contributed by atoms with E-state index in [1.165, 1.54) is 0 Å². The van der Waals surface area contributed by atoms with Gasteiger partial charge in [0.2, 0.25) is 0 Å². The topological polar surface area (TPSA) is 29.4 Å². The fourth-order valence-corrected chi connectivity index (χ4v) is 0.0430. The molecular formula is C3H7NOSi. The number of rotatable bonds is 2. The zero-order valence-electron chi connectivity index (χ0n) is 3.72. The molecule has 0 aromatic rings. The monoisotopic (exact) mass is 101 g/mol. The molecule has 0 amide bonds. The molecule has 0 saturated heterocycles. The molecule has 3 heteroatoms. The molecule has 0 heterocycles. The molecule has 1 atom stereocenters. The summed E-state index contributed by atoms with van der Waals surface area (Å²) in [5.74, 6) is 0. The van der Waals surface area contributed by atoms with E-state index in [-0.39, 0.29) is 5.67 Å². The van der Waals surface area contributed by atoms with Crippen molar-refractivity contribution in [1.29, 1.82) is 0 Å². The molecule has 0 fully saturated rings. The molecular weight excluding hydrogens is 94.1 g/mol. The molecule has 0 spiro atoms. The molecule has 0 bridgehead atoms. The van der Waals surface area contributed by atoms with Gasteiger partial charge in [-0.1, -0.05) is 11.3 Å². The molecule has 1 unspecified atom stereocenters. The smallest absolute Gasteiger partial charge is 0.0897 e. The van der Waals surface area contributed by atoms with Crippen molar-refractivity contribution in [3.8, 4) is 0 Å². The summed E-state index contributed by atoms with van der Waals surface area (Å²) in [6.07, 6.45) is 1.55. The quantitative estimate of drug-likeness (QED) is 0.265. The van der Waals surface area contributed by atoms with Gasteiger partial charge < -0.3 is 0 Å². The van der Waals surface area contributed by atoms with Crippen molar-refractivity contribution < 1.29 is 0 Å². The lowest BCUT2D eigenvalue weighted by atomic mass is 10.6. The van der Waals surface area contributed by atoms with Crippen LogP contribution in [0.5, 0.6) is 0 Å². The Labute approximate surface area is 39.6 Å². The maximum absolute atomic E-state index is 9.45. The summed E-state index contributed by atoms with van der Waals surface area (Å²) in [6, 6.07) is 0. The van der Waals surface area contributed by atoms with E-state index in [2.05, 4.69) is 11.8 Å². The van der Waals surface area contributed by atoms with Crippen LogP contribution < -0.4 is 0 Å². The van der Waals surface area contributed by atoms with Gasteiger partial charge in [-0.15, -0.1) is 6.58 Å². The Hall–Kier alpha value is -0.443. The fourth-order valence-electron chi connectivity index (χ4n) is 0.0430. The van der Waals surface area contributed by atoms with Crippen LogP contribution in [0.25, 0.3) is 0 Å². The summed E-state index contributed by atoms with van der Waals surface area (Å²) < 4.78 is 0. The van der Waals surface area contributed by atoms with E-state index < -0.39 is 0 Å². The normalized spacial score (nSPS) is 13.3. The van der Waals surface area contributed by atoms with Gasteiger partial charge in [-0.05, 0) is 0 Å². The third-order valence-corrected chi connectivity index (χ3v) is 1.19. The van der Waals surface area contributed by atoms with E-state index in [1.54, 1.807) is 6.08 Å². The average molecular weight is 101 g/mol. The molecule has 0 aromatic heterocycles. The largest absolute Gasteiger partial charge is 0.151 e. The van der Waals surface area contributed by atoms with Gasteiger partial charge >= 0.3 is 0 Å². The first-order chi connectivity index (χ1) is 2.81. The van der Waals surface area contributed by atoms with E-state index in [4.69, 9.17) is 0 Å². The van der Waals surface area contributed by atoms with Crippen molar-refractivity contribution in [3.05, 3.63) is 17.6 Å². The maximum atomic E-state index is 9.45. The Kier molecular flexibility index (Phi) is 2.57. The van der Waals surface area contributed by atoms with Crippen molar-refractivity contribution >= 4 is 10.2 Å². The summed E-state index contributed by atoms with van der Waals surface area (Å²) in [7, 11) is 0.793. The third-order valence-electron chi connectivity index (χ3n) is 0.507. The minimum Gasteiger partial charge on any atom is -0.151 e. The predicted molar refractivity (Wildman–Crippen MR) is 29.7 cm³/mol. The molecule has 0 aliphatic heterocycles. The van der Waals surface area contributed by atoms with Crippen LogP contribution in [-0.4, -0.2) is 15.9 Å². The summed E-state index contributed by atoms with van der Waals surface area (Å²) in [6.45, 7) is 3.37. The zero-order chi connectivity index (χ0) is 4.99. The lowest BCUT2D eigenvalue weighted by Gasteiger charge is -1.82. The van der Waals surface area contributed by atoms with Crippen molar-refractivity contribution in [1.82, 2.24) is 0 Å².